The molecular weight excluding hydrogens is 527 g/mol. The number of aliphatic hydroxyl groups is 1. The lowest BCUT2D eigenvalue weighted by Gasteiger charge is -2.50. The van der Waals surface area contributed by atoms with Gasteiger partial charge < -0.3 is 15.6 Å². The number of benzene rings is 3. The zero-order chi connectivity index (χ0) is 24.4. The zero-order valence-corrected chi connectivity index (χ0v) is 23.8. The Bertz CT molecular complexity index is 1170. The van der Waals surface area contributed by atoms with Crippen LogP contribution in [-0.2, 0) is 6.61 Å². The Morgan fingerprint density at radius 3 is 2.46 bits per heavy atom. The largest absolute Gasteiger partial charge is 0.487 e. The average Bonchev–Trinajstić information content (AvgIpc) is 2.88. The molecule has 2 aliphatic rings. The van der Waals surface area contributed by atoms with Crippen LogP contribution < -0.4 is 10.5 Å². The first-order valence-corrected chi connectivity index (χ1v) is 13.4. The molecule has 5 rings (SSSR count). The van der Waals surface area contributed by atoms with E-state index < -0.39 is 5.60 Å². The summed E-state index contributed by atoms with van der Waals surface area (Å²) in [4.78, 5) is 2.49. The third-order valence-corrected chi connectivity index (χ3v) is 8.61. The second-order valence-electron chi connectivity index (χ2n) is 10.5. The standard InChI is InChI=1S/C30H37ClN2O2.2ClH/c1-21(30(34)15-5-4-8-29(30)33-16-13-26(32)14-17-33)24-11-12-28(27(31)19-24)35-20-22-9-10-23-6-2-3-7-25(23)18-22;;/h2-3,6-7,9-12,18-19,21,26,29,34H,4-5,8,13-17,20,32H2,1H3;2*1H. The highest BCUT2D eigenvalue weighted by Gasteiger charge is 2.46. The maximum Gasteiger partial charge on any atom is 0.138 e. The second-order valence-corrected chi connectivity index (χ2v) is 10.9. The first kappa shape index (κ1) is 30.0. The van der Waals surface area contributed by atoms with E-state index >= 15 is 0 Å². The van der Waals surface area contributed by atoms with Crippen LogP contribution in [0, 0.1) is 0 Å². The van der Waals surface area contributed by atoms with Gasteiger partial charge in [0.05, 0.1) is 10.6 Å². The van der Waals surface area contributed by atoms with Crippen LogP contribution in [0.5, 0.6) is 5.75 Å². The van der Waals surface area contributed by atoms with Gasteiger partial charge in [-0.15, -0.1) is 24.8 Å². The molecule has 1 saturated heterocycles. The van der Waals surface area contributed by atoms with Crippen molar-refractivity contribution >= 4 is 47.2 Å². The van der Waals surface area contributed by atoms with Gasteiger partial charge in [0.1, 0.15) is 12.4 Å². The number of likely N-dealkylation sites (tertiary alicyclic amines) is 1. The molecule has 0 radical (unpaired) electrons. The number of piperidine rings is 1. The molecule has 0 aromatic heterocycles. The number of rotatable bonds is 6. The van der Waals surface area contributed by atoms with Gasteiger partial charge in [-0.2, -0.15) is 0 Å². The topological polar surface area (TPSA) is 58.7 Å². The van der Waals surface area contributed by atoms with Crippen LogP contribution in [0.1, 0.15) is 62.5 Å². The minimum absolute atomic E-state index is 0. The molecule has 0 bridgehead atoms. The minimum atomic E-state index is -0.767. The monoisotopic (exact) mass is 564 g/mol. The third-order valence-electron chi connectivity index (χ3n) is 8.31. The van der Waals surface area contributed by atoms with E-state index in [9.17, 15) is 5.11 Å². The van der Waals surface area contributed by atoms with Gasteiger partial charge in [0, 0.05) is 31.1 Å². The fraction of sp³-hybridized carbons (Fsp3) is 0.467. The van der Waals surface area contributed by atoms with Gasteiger partial charge in [0.2, 0.25) is 0 Å². The van der Waals surface area contributed by atoms with Crippen LogP contribution in [0.25, 0.3) is 10.8 Å². The minimum Gasteiger partial charge on any atom is -0.487 e. The summed E-state index contributed by atoms with van der Waals surface area (Å²) in [6.45, 7) is 4.56. The lowest BCUT2D eigenvalue weighted by molar-refractivity contribution is -0.0938. The van der Waals surface area contributed by atoms with Crippen molar-refractivity contribution in [3.8, 4) is 5.75 Å². The van der Waals surface area contributed by atoms with Crippen LogP contribution in [-0.4, -0.2) is 40.8 Å². The van der Waals surface area contributed by atoms with Crippen molar-refractivity contribution in [3.63, 3.8) is 0 Å². The summed E-state index contributed by atoms with van der Waals surface area (Å²) in [6, 6.07) is 21.2. The van der Waals surface area contributed by atoms with Gasteiger partial charge in [0.15, 0.2) is 0 Å². The SMILES string of the molecule is CC(c1ccc(OCc2ccc3ccccc3c2)c(Cl)c1)C1(O)CCCCC1N1CCC(N)CC1.Cl.Cl. The van der Waals surface area contributed by atoms with Crippen molar-refractivity contribution in [1.82, 2.24) is 4.90 Å². The van der Waals surface area contributed by atoms with E-state index in [0.717, 1.165) is 56.3 Å². The highest BCUT2D eigenvalue weighted by Crippen LogP contribution is 2.44. The molecule has 2 fully saturated rings. The molecule has 37 heavy (non-hydrogen) atoms. The van der Waals surface area contributed by atoms with Gasteiger partial charge in [-0.1, -0.05) is 73.8 Å². The first-order valence-electron chi connectivity index (χ1n) is 13.1. The molecule has 3 aromatic carbocycles. The molecule has 202 valence electrons. The summed E-state index contributed by atoms with van der Waals surface area (Å²) in [5.74, 6) is 0.656. The molecule has 3 atom stereocenters. The first-order chi connectivity index (χ1) is 16.9. The Labute approximate surface area is 238 Å². The molecule has 3 N–H and O–H groups in total. The van der Waals surface area contributed by atoms with Crippen molar-refractivity contribution < 1.29 is 9.84 Å². The molecule has 7 heteroatoms. The lowest BCUT2D eigenvalue weighted by atomic mass is 9.69. The summed E-state index contributed by atoms with van der Waals surface area (Å²) in [7, 11) is 0. The molecule has 0 spiro atoms. The van der Waals surface area contributed by atoms with Crippen molar-refractivity contribution in [2.75, 3.05) is 13.1 Å². The average molecular weight is 566 g/mol. The van der Waals surface area contributed by atoms with E-state index in [1.807, 2.05) is 12.1 Å². The molecule has 1 aliphatic carbocycles. The van der Waals surface area contributed by atoms with Gasteiger partial charge in [0.25, 0.3) is 0 Å². The molecule has 3 aromatic rings. The fourth-order valence-corrected chi connectivity index (χ4v) is 6.32. The number of hydrogen-bond donors (Lipinski definition) is 2. The number of halogens is 3. The maximum absolute atomic E-state index is 12.0. The quantitative estimate of drug-likeness (QED) is 0.334. The molecule has 3 unspecified atom stereocenters. The summed E-state index contributed by atoms with van der Waals surface area (Å²) in [5.41, 5.74) is 7.55. The van der Waals surface area contributed by atoms with E-state index in [-0.39, 0.29) is 36.8 Å². The van der Waals surface area contributed by atoms with E-state index in [4.69, 9.17) is 22.1 Å². The zero-order valence-electron chi connectivity index (χ0n) is 21.4. The van der Waals surface area contributed by atoms with Crippen molar-refractivity contribution in [2.24, 2.45) is 5.73 Å². The van der Waals surface area contributed by atoms with Gasteiger partial charge in [-0.3, -0.25) is 4.90 Å². The van der Waals surface area contributed by atoms with Crippen LogP contribution >= 0.6 is 36.4 Å². The number of hydrogen-bond acceptors (Lipinski definition) is 4. The fourth-order valence-electron chi connectivity index (χ4n) is 6.08. The molecular formula is C30H39Cl3N2O2. The Hall–Kier alpha value is -1.53. The van der Waals surface area contributed by atoms with Gasteiger partial charge >= 0.3 is 0 Å². The Morgan fingerprint density at radius 1 is 1.00 bits per heavy atom. The number of ether oxygens (including phenoxy) is 1. The van der Waals surface area contributed by atoms with E-state index in [1.165, 1.54) is 17.2 Å². The predicted octanol–water partition coefficient (Wildman–Crippen LogP) is 7.12. The summed E-state index contributed by atoms with van der Waals surface area (Å²) < 4.78 is 6.09. The highest BCUT2D eigenvalue weighted by molar-refractivity contribution is 6.32. The molecule has 1 heterocycles. The van der Waals surface area contributed by atoms with Crippen LogP contribution in [0.3, 0.4) is 0 Å². The van der Waals surface area contributed by atoms with Crippen LogP contribution in [0.4, 0.5) is 0 Å². The number of nitrogens with zero attached hydrogens (tertiary/aromatic N) is 1. The Morgan fingerprint density at radius 2 is 1.73 bits per heavy atom. The lowest BCUT2D eigenvalue weighted by Crippen LogP contribution is -2.59. The number of nitrogens with two attached hydrogens (primary N) is 1. The molecule has 0 amide bonds. The summed E-state index contributed by atoms with van der Waals surface area (Å²) in [5, 5.41) is 15.0. The van der Waals surface area contributed by atoms with Crippen molar-refractivity contribution in [1.29, 1.82) is 0 Å². The Balaban J connectivity index is 0.00000190. The summed E-state index contributed by atoms with van der Waals surface area (Å²) >= 11 is 6.69. The van der Waals surface area contributed by atoms with E-state index in [0.29, 0.717) is 23.4 Å². The van der Waals surface area contributed by atoms with Gasteiger partial charge in [-0.05, 0) is 65.8 Å². The van der Waals surface area contributed by atoms with Gasteiger partial charge in [-0.25, -0.2) is 0 Å². The summed E-state index contributed by atoms with van der Waals surface area (Å²) in [6.07, 6.45) is 6.11. The Kier molecular flexibility index (Phi) is 10.6. The maximum atomic E-state index is 12.0. The normalized spacial score (nSPS) is 23.6. The van der Waals surface area contributed by atoms with Crippen LogP contribution in [0.2, 0.25) is 5.02 Å². The van der Waals surface area contributed by atoms with Crippen molar-refractivity contribution in [2.45, 2.75) is 75.7 Å². The van der Waals surface area contributed by atoms with Crippen molar-refractivity contribution in [3.05, 3.63) is 76.8 Å². The van der Waals surface area contributed by atoms with E-state index in [1.54, 1.807) is 0 Å². The highest BCUT2D eigenvalue weighted by atomic mass is 35.5. The van der Waals surface area contributed by atoms with E-state index in [2.05, 4.69) is 60.4 Å². The molecule has 1 saturated carbocycles. The van der Waals surface area contributed by atoms with Crippen LogP contribution in [0.15, 0.2) is 60.7 Å². The smallest absolute Gasteiger partial charge is 0.138 e. The molecule has 4 nitrogen and oxygen atoms in total. The third kappa shape index (κ3) is 6.55. The molecule has 1 aliphatic heterocycles. The number of fused-ring (bicyclic) bond motifs is 1. The predicted molar refractivity (Wildman–Crippen MR) is 159 cm³/mol. The second kappa shape index (κ2) is 13.0.